The number of hydrogen-bond donors (Lipinski definition) is 1. The highest BCUT2D eigenvalue weighted by Crippen LogP contribution is 2.36. The van der Waals surface area contributed by atoms with Gasteiger partial charge in [0.2, 0.25) is 0 Å². The maximum atomic E-state index is 5.84. The van der Waals surface area contributed by atoms with Crippen LogP contribution >= 0.6 is 0 Å². The average molecular weight is 508 g/mol. The van der Waals surface area contributed by atoms with E-state index in [4.69, 9.17) is 10.7 Å². The molecule has 7 heteroatoms. The van der Waals surface area contributed by atoms with Gasteiger partial charge in [0.05, 0.1) is 28.7 Å². The van der Waals surface area contributed by atoms with Crippen molar-refractivity contribution in [1.82, 2.24) is 29.4 Å². The Morgan fingerprint density at radius 1 is 0.744 bits per heavy atom. The number of nitrogens with zero attached hydrogens (tertiary/aromatic N) is 6. The van der Waals surface area contributed by atoms with Crippen LogP contribution in [-0.2, 0) is 13.6 Å². The fourth-order valence-electron chi connectivity index (χ4n) is 5.17. The van der Waals surface area contributed by atoms with E-state index >= 15 is 0 Å². The lowest BCUT2D eigenvalue weighted by Crippen LogP contribution is -1.98. The highest BCUT2D eigenvalue weighted by molar-refractivity contribution is 5.99. The molecule has 0 atom stereocenters. The molecule has 39 heavy (non-hydrogen) atoms. The molecule has 0 radical (unpaired) electrons. The minimum atomic E-state index is 0.507. The van der Waals surface area contributed by atoms with Gasteiger partial charge in [-0.15, -0.1) is 10.2 Å². The summed E-state index contributed by atoms with van der Waals surface area (Å²) in [7, 11) is 1.95. The molecular formula is C32H25N7. The molecule has 3 aromatic carbocycles. The van der Waals surface area contributed by atoms with Gasteiger partial charge in [-0.05, 0) is 23.3 Å². The lowest BCUT2D eigenvalue weighted by molar-refractivity contribution is 0.776. The van der Waals surface area contributed by atoms with E-state index in [1.807, 2.05) is 71.0 Å². The van der Waals surface area contributed by atoms with Crippen LogP contribution in [0, 0.1) is 0 Å². The standard InChI is InChI=1S/C32H25N7/c1-38-30(24-10-6-3-7-11-24)27(20-34-38)32-37-36-31-26-18-25(22-8-4-2-5-9-22)29(35-28(26)16-17-39(31)32)23-14-12-21(19-33)13-15-23/h2-18,20H,19,33H2,1H3. The topological polar surface area (TPSA) is 86.9 Å². The van der Waals surface area contributed by atoms with Crippen LogP contribution in [0.4, 0.5) is 0 Å². The van der Waals surface area contributed by atoms with Gasteiger partial charge >= 0.3 is 0 Å². The molecule has 0 aliphatic heterocycles. The largest absolute Gasteiger partial charge is 0.326 e. The maximum Gasteiger partial charge on any atom is 0.172 e. The highest BCUT2D eigenvalue weighted by Gasteiger charge is 2.20. The van der Waals surface area contributed by atoms with E-state index in [-0.39, 0.29) is 0 Å². The number of hydrogen-bond acceptors (Lipinski definition) is 5. The second-order valence-corrected chi connectivity index (χ2v) is 9.51. The molecule has 0 saturated carbocycles. The SMILES string of the molecule is Cn1ncc(-c2nnc3c4cc(-c5ccccc5)c(-c5ccc(CN)cc5)nc4ccn23)c1-c1ccccc1. The van der Waals surface area contributed by atoms with Crippen LogP contribution in [0.1, 0.15) is 5.56 Å². The average Bonchev–Trinajstić information content (AvgIpc) is 3.60. The Labute approximate surface area is 225 Å². The molecule has 0 spiro atoms. The quantitative estimate of drug-likeness (QED) is 0.303. The summed E-state index contributed by atoms with van der Waals surface area (Å²) in [5, 5.41) is 14.8. The monoisotopic (exact) mass is 507 g/mol. The zero-order chi connectivity index (χ0) is 26.3. The Hall–Kier alpha value is -5.14. The van der Waals surface area contributed by atoms with Gasteiger partial charge < -0.3 is 5.73 Å². The summed E-state index contributed by atoms with van der Waals surface area (Å²) in [5.41, 5.74) is 15.6. The Morgan fingerprint density at radius 2 is 1.46 bits per heavy atom. The van der Waals surface area contributed by atoms with Crippen molar-refractivity contribution in [3.8, 4) is 45.0 Å². The molecule has 4 aromatic heterocycles. The first-order valence-corrected chi connectivity index (χ1v) is 12.8. The van der Waals surface area contributed by atoms with E-state index in [1.54, 1.807) is 0 Å². The van der Waals surface area contributed by atoms with Crippen LogP contribution in [0.3, 0.4) is 0 Å². The van der Waals surface area contributed by atoms with Crippen molar-refractivity contribution in [2.75, 3.05) is 0 Å². The van der Waals surface area contributed by atoms with E-state index in [0.29, 0.717) is 6.54 Å². The molecule has 7 rings (SSSR count). The number of aromatic nitrogens is 6. The minimum absolute atomic E-state index is 0.507. The van der Waals surface area contributed by atoms with Gasteiger partial charge in [-0.3, -0.25) is 9.08 Å². The first kappa shape index (κ1) is 23.0. The summed E-state index contributed by atoms with van der Waals surface area (Å²) in [6, 6.07) is 33.1. The van der Waals surface area contributed by atoms with E-state index in [9.17, 15) is 0 Å². The number of rotatable bonds is 5. The minimum Gasteiger partial charge on any atom is -0.326 e. The summed E-state index contributed by atoms with van der Waals surface area (Å²) in [6.07, 6.45) is 3.84. The Morgan fingerprint density at radius 3 is 2.18 bits per heavy atom. The van der Waals surface area contributed by atoms with Crippen LogP contribution in [0.25, 0.3) is 61.6 Å². The second-order valence-electron chi connectivity index (χ2n) is 9.51. The van der Waals surface area contributed by atoms with Crippen LogP contribution in [0.2, 0.25) is 0 Å². The number of pyridine rings is 2. The van der Waals surface area contributed by atoms with Gasteiger partial charge in [0, 0.05) is 41.9 Å². The zero-order valence-corrected chi connectivity index (χ0v) is 21.4. The normalized spacial score (nSPS) is 11.4. The van der Waals surface area contributed by atoms with Gasteiger partial charge in [-0.2, -0.15) is 5.10 Å². The molecule has 188 valence electrons. The van der Waals surface area contributed by atoms with E-state index in [2.05, 4.69) is 69.9 Å². The van der Waals surface area contributed by atoms with Crippen LogP contribution in [0.15, 0.2) is 109 Å². The van der Waals surface area contributed by atoms with Gasteiger partial charge in [-0.1, -0.05) is 84.9 Å². The fourth-order valence-corrected chi connectivity index (χ4v) is 5.17. The molecule has 0 unspecified atom stereocenters. The number of fused-ring (bicyclic) bond motifs is 3. The second kappa shape index (κ2) is 9.31. The van der Waals surface area contributed by atoms with Gasteiger partial charge in [0.25, 0.3) is 0 Å². The highest BCUT2D eigenvalue weighted by atomic mass is 15.3. The van der Waals surface area contributed by atoms with Crippen LogP contribution in [-0.4, -0.2) is 29.4 Å². The van der Waals surface area contributed by atoms with Crippen molar-refractivity contribution in [1.29, 1.82) is 0 Å². The van der Waals surface area contributed by atoms with E-state index in [0.717, 1.165) is 67.1 Å². The smallest absolute Gasteiger partial charge is 0.172 e. The lowest BCUT2D eigenvalue weighted by atomic mass is 9.97. The van der Waals surface area contributed by atoms with Crippen LogP contribution in [0.5, 0.6) is 0 Å². The first-order chi connectivity index (χ1) is 19.2. The van der Waals surface area contributed by atoms with Gasteiger partial charge in [-0.25, -0.2) is 4.98 Å². The molecule has 0 saturated heterocycles. The van der Waals surface area contributed by atoms with Crippen molar-refractivity contribution in [2.24, 2.45) is 12.8 Å². The van der Waals surface area contributed by atoms with Crippen molar-refractivity contribution in [2.45, 2.75) is 6.54 Å². The summed E-state index contributed by atoms with van der Waals surface area (Å²) in [4.78, 5) is 5.15. The molecule has 7 nitrogen and oxygen atoms in total. The molecule has 0 fully saturated rings. The first-order valence-electron chi connectivity index (χ1n) is 12.8. The summed E-state index contributed by atoms with van der Waals surface area (Å²) in [5.74, 6) is 0.738. The number of nitrogens with two attached hydrogens (primary N) is 1. The summed E-state index contributed by atoms with van der Waals surface area (Å²) in [6.45, 7) is 0.507. The third kappa shape index (κ3) is 3.88. The lowest BCUT2D eigenvalue weighted by Gasteiger charge is -2.13. The van der Waals surface area contributed by atoms with Crippen molar-refractivity contribution in [3.63, 3.8) is 0 Å². The molecule has 0 aliphatic carbocycles. The predicted octanol–water partition coefficient (Wildman–Crippen LogP) is 6.14. The van der Waals surface area contributed by atoms with E-state index in [1.165, 1.54) is 0 Å². The Kier molecular flexibility index (Phi) is 5.49. The Balaban J connectivity index is 1.45. The molecule has 2 N–H and O–H groups in total. The van der Waals surface area contributed by atoms with Crippen molar-refractivity contribution >= 4 is 16.6 Å². The molecule has 7 aromatic rings. The van der Waals surface area contributed by atoms with Crippen molar-refractivity contribution < 1.29 is 0 Å². The summed E-state index contributed by atoms with van der Waals surface area (Å²) >= 11 is 0. The molecule has 4 heterocycles. The zero-order valence-electron chi connectivity index (χ0n) is 21.4. The maximum absolute atomic E-state index is 5.84. The Bertz CT molecular complexity index is 1940. The third-order valence-electron chi connectivity index (χ3n) is 7.14. The fraction of sp³-hybridized carbons (Fsp3) is 0.0625. The predicted molar refractivity (Wildman–Crippen MR) is 155 cm³/mol. The molecule has 0 bridgehead atoms. The van der Waals surface area contributed by atoms with Gasteiger partial charge in [0.15, 0.2) is 11.5 Å². The summed E-state index contributed by atoms with van der Waals surface area (Å²) < 4.78 is 3.90. The number of aryl methyl sites for hydroxylation is 1. The molecular weight excluding hydrogens is 482 g/mol. The molecule has 0 amide bonds. The third-order valence-corrected chi connectivity index (χ3v) is 7.14. The number of benzene rings is 3. The van der Waals surface area contributed by atoms with E-state index < -0.39 is 0 Å². The van der Waals surface area contributed by atoms with Crippen LogP contribution < -0.4 is 5.73 Å². The van der Waals surface area contributed by atoms with Crippen molar-refractivity contribution in [3.05, 3.63) is 115 Å². The molecule has 0 aliphatic rings. The van der Waals surface area contributed by atoms with Gasteiger partial charge in [0.1, 0.15) is 0 Å².